The molecule has 1 N–H and O–H groups in total. The van der Waals surface area contributed by atoms with Crippen LogP contribution in [0.15, 0.2) is 30.3 Å². The summed E-state index contributed by atoms with van der Waals surface area (Å²) in [5.41, 5.74) is 1.07. The van der Waals surface area contributed by atoms with Gasteiger partial charge in [-0.1, -0.05) is 30.3 Å². The SMILES string of the molecule is CCOC(=O)[C@H]1CCC[NH+](Cn2nc(-c3ccccc3)n(CC)c2=S)C1. The minimum atomic E-state index is -0.0719. The lowest BCUT2D eigenvalue weighted by atomic mass is 9.99. The fraction of sp³-hybridized carbons (Fsp3) is 0.526. The molecule has 140 valence electrons. The van der Waals surface area contributed by atoms with E-state index in [1.807, 2.05) is 29.8 Å². The highest BCUT2D eigenvalue weighted by Crippen LogP contribution is 2.17. The van der Waals surface area contributed by atoms with Crippen LogP contribution in [0.2, 0.25) is 0 Å². The lowest BCUT2D eigenvalue weighted by molar-refractivity contribution is -0.930. The molecule has 3 rings (SSSR count). The molecule has 2 aromatic rings. The molecule has 2 heterocycles. The van der Waals surface area contributed by atoms with E-state index in [1.54, 1.807) is 0 Å². The number of quaternary nitrogens is 1. The molecular formula is C19H27N4O2S+. The maximum Gasteiger partial charge on any atom is 0.314 e. The quantitative estimate of drug-likeness (QED) is 0.619. The molecule has 26 heavy (non-hydrogen) atoms. The number of likely N-dealkylation sites (tertiary alicyclic amines) is 1. The van der Waals surface area contributed by atoms with Gasteiger partial charge in [-0.05, 0) is 38.9 Å². The molecule has 1 saturated heterocycles. The Morgan fingerprint density at radius 3 is 2.81 bits per heavy atom. The van der Waals surface area contributed by atoms with Gasteiger partial charge in [0.25, 0.3) is 0 Å². The van der Waals surface area contributed by atoms with E-state index in [0.717, 1.165) is 48.6 Å². The summed E-state index contributed by atoms with van der Waals surface area (Å²) in [6.07, 6.45) is 1.93. The average Bonchev–Trinajstić information content (AvgIpc) is 2.98. The number of esters is 1. The molecule has 0 radical (unpaired) electrons. The molecule has 7 heteroatoms. The number of hydrogen-bond donors (Lipinski definition) is 1. The Hall–Kier alpha value is -1.99. The van der Waals surface area contributed by atoms with Gasteiger partial charge < -0.3 is 14.2 Å². The number of aromatic nitrogens is 3. The van der Waals surface area contributed by atoms with Gasteiger partial charge in [-0.25, -0.2) is 0 Å². The normalized spacial score (nSPS) is 20.1. The second kappa shape index (κ2) is 8.60. The first-order chi connectivity index (χ1) is 12.6. The number of hydrogen-bond acceptors (Lipinski definition) is 4. The molecule has 0 aliphatic carbocycles. The summed E-state index contributed by atoms with van der Waals surface area (Å²) in [6, 6.07) is 10.1. The van der Waals surface area contributed by atoms with Crippen molar-refractivity contribution >= 4 is 18.2 Å². The molecule has 1 aromatic carbocycles. The number of ether oxygens (including phenoxy) is 1. The van der Waals surface area contributed by atoms with Crippen molar-refractivity contribution in [1.82, 2.24) is 14.3 Å². The maximum atomic E-state index is 12.1. The molecule has 2 atom stereocenters. The van der Waals surface area contributed by atoms with Gasteiger partial charge in [0.1, 0.15) is 5.92 Å². The molecule has 0 amide bonds. The summed E-state index contributed by atoms with van der Waals surface area (Å²) in [4.78, 5) is 13.4. The van der Waals surface area contributed by atoms with Gasteiger partial charge in [-0.2, -0.15) is 4.68 Å². The first-order valence-corrected chi connectivity index (χ1v) is 9.78. The van der Waals surface area contributed by atoms with Gasteiger partial charge >= 0.3 is 5.97 Å². The minimum Gasteiger partial charge on any atom is -0.466 e. The summed E-state index contributed by atoms with van der Waals surface area (Å²) in [5, 5.41) is 4.79. The highest BCUT2D eigenvalue weighted by atomic mass is 32.1. The number of nitrogens with one attached hydrogen (secondary N) is 1. The van der Waals surface area contributed by atoms with E-state index in [2.05, 4.69) is 23.6 Å². The van der Waals surface area contributed by atoms with Crippen molar-refractivity contribution in [1.29, 1.82) is 0 Å². The lowest BCUT2D eigenvalue weighted by Crippen LogP contribution is -3.13. The molecular weight excluding hydrogens is 348 g/mol. The molecule has 0 saturated carbocycles. The maximum absolute atomic E-state index is 12.1. The van der Waals surface area contributed by atoms with Crippen LogP contribution in [-0.4, -0.2) is 40.0 Å². The summed E-state index contributed by atoms with van der Waals surface area (Å²) < 4.78 is 9.91. The number of benzene rings is 1. The monoisotopic (exact) mass is 375 g/mol. The Kier molecular flexibility index (Phi) is 6.21. The van der Waals surface area contributed by atoms with Crippen LogP contribution in [-0.2, 0) is 22.7 Å². The van der Waals surface area contributed by atoms with Crippen LogP contribution >= 0.6 is 12.2 Å². The van der Waals surface area contributed by atoms with Gasteiger partial charge in [0, 0.05) is 12.1 Å². The molecule has 1 aliphatic rings. The van der Waals surface area contributed by atoms with E-state index >= 15 is 0 Å². The summed E-state index contributed by atoms with van der Waals surface area (Å²) in [6.45, 7) is 7.64. The molecule has 1 fully saturated rings. The fourth-order valence-corrected chi connectivity index (χ4v) is 3.92. The summed E-state index contributed by atoms with van der Waals surface area (Å²) in [7, 11) is 0. The van der Waals surface area contributed by atoms with E-state index in [-0.39, 0.29) is 11.9 Å². The van der Waals surface area contributed by atoms with Crippen LogP contribution in [0.1, 0.15) is 26.7 Å². The molecule has 6 nitrogen and oxygen atoms in total. The molecule has 1 aromatic heterocycles. The van der Waals surface area contributed by atoms with E-state index in [9.17, 15) is 4.79 Å². The zero-order valence-electron chi connectivity index (χ0n) is 15.5. The van der Waals surface area contributed by atoms with Gasteiger partial charge in [-0.3, -0.25) is 4.79 Å². The van der Waals surface area contributed by atoms with Crippen LogP contribution in [0, 0.1) is 10.7 Å². The number of carbonyl (C=O) groups is 1. The highest BCUT2D eigenvalue weighted by Gasteiger charge is 2.30. The van der Waals surface area contributed by atoms with Gasteiger partial charge in [-0.15, -0.1) is 5.10 Å². The van der Waals surface area contributed by atoms with Gasteiger partial charge in [0.15, 0.2) is 12.5 Å². The second-order valence-electron chi connectivity index (χ2n) is 6.67. The number of nitrogens with zero attached hydrogens (tertiary/aromatic N) is 3. The van der Waals surface area contributed by atoms with Crippen molar-refractivity contribution < 1.29 is 14.4 Å². The van der Waals surface area contributed by atoms with E-state index in [4.69, 9.17) is 22.1 Å². The number of carbonyl (C=O) groups excluding carboxylic acids is 1. The summed E-state index contributed by atoms with van der Waals surface area (Å²) >= 11 is 5.66. The van der Waals surface area contributed by atoms with Crippen LogP contribution in [0.3, 0.4) is 0 Å². The van der Waals surface area contributed by atoms with Crippen molar-refractivity contribution in [2.75, 3.05) is 19.7 Å². The lowest BCUT2D eigenvalue weighted by Gasteiger charge is -2.28. The minimum absolute atomic E-state index is 0.0188. The predicted octanol–water partition coefficient (Wildman–Crippen LogP) is 1.92. The first-order valence-electron chi connectivity index (χ1n) is 9.37. The fourth-order valence-electron chi connectivity index (χ4n) is 3.60. The predicted molar refractivity (Wildman–Crippen MR) is 102 cm³/mol. The molecule has 1 unspecified atom stereocenters. The second-order valence-corrected chi connectivity index (χ2v) is 7.03. The van der Waals surface area contributed by atoms with E-state index in [0.29, 0.717) is 13.3 Å². The van der Waals surface area contributed by atoms with Crippen molar-refractivity contribution in [2.24, 2.45) is 5.92 Å². The standard InChI is InChI=1S/C19H26N4O2S/c1-3-22-17(15-9-6-5-7-10-15)20-23(19(22)26)14-21-12-8-11-16(13-21)18(24)25-4-2/h5-7,9-10,16H,3-4,8,11-14H2,1-2H3/p+1/t16-/m0/s1. The first kappa shape index (κ1) is 18.8. The zero-order chi connectivity index (χ0) is 18.5. The highest BCUT2D eigenvalue weighted by molar-refractivity contribution is 7.71. The molecule has 0 bridgehead atoms. The number of piperidine rings is 1. The van der Waals surface area contributed by atoms with Crippen LogP contribution in [0.4, 0.5) is 0 Å². The van der Waals surface area contributed by atoms with Crippen LogP contribution in [0.5, 0.6) is 0 Å². The van der Waals surface area contributed by atoms with E-state index < -0.39 is 0 Å². The van der Waals surface area contributed by atoms with Crippen molar-refractivity contribution in [3.05, 3.63) is 35.1 Å². The topological polar surface area (TPSA) is 53.5 Å². The number of rotatable bonds is 6. The van der Waals surface area contributed by atoms with Crippen molar-refractivity contribution in [3.8, 4) is 11.4 Å². The van der Waals surface area contributed by atoms with Crippen LogP contribution in [0.25, 0.3) is 11.4 Å². The summed E-state index contributed by atoms with van der Waals surface area (Å²) in [5.74, 6) is 0.809. The Morgan fingerprint density at radius 1 is 1.35 bits per heavy atom. The third-order valence-electron chi connectivity index (χ3n) is 4.88. The zero-order valence-corrected chi connectivity index (χ0v) is 16.3. The third kappa shape index (κ3) is 4.04. The van der Waals surface area contributed by atoms with Crippen LogP contribution < -0.4 is 4.90 Å². The Labute approximate surface area is 159 Å². The van der Waals surface area contributed by atoms with E-state index in [1.165, 1.54) is 4.90 Å². The van der Waals surface area contributed by atoms with Gasteiger partial charge in [0.05, 0.1) is 19.7 Å². The Morgan fingerprint density at radius 2 is 2.12 bits per heavy atom. The largest absolute Gasteiger partial charge is 0.466 e. The smallest absolute Gasteiger partial charge is 0.314 e. The Balaban J connectivity index is 1.79. The van der Waals surface area contributed by atoms with Gasteiger partial charge in [0.2, 0.25) is 4.77 Å². The average molecular weight is 376 g/mol. The van der Waals surface area contributed by atoms with Crippen molar-refractivity contribution in [2.45, 2.75) is 39.9 Å². The van der Waals surface area contributed by atoms with Crippen molar-refractivity contribution in [3.63, 3.8) is 0 Å². The third-order valence-corrected chi connectivity index (χ3v) is 5.31. The Bertz CT molecular complexity index is 800. The molecule has 0 spiro atoms. The molecule has 1 aliphatic heterocycles.